The number of piperidine rings is 1. The summed E-state index contributed by atoms with van der Waals surface area (Å²) in [7, 11) is 0. The van der Waals surface area contributed by atoms with Gasteiger partial charge in [-0.05, 0) is 81.8 Å². The molecule has 4 amide bonds. The zero-order valence-electron chi connectivity index (χ0n) is 30.8. The third-order valence-corrected chi connectivity index (χ3v) is 11.0. The number of alkyl carbamates (subject to hydrolysis) is 1. The molecule has 0 unspecified atom stereocenters. The van der Waals surface area contributed by atoms with Gasteiger partial charge in [0.05, 0.1) is 19.2 Å². The van der Waals surface area contributed by atoms with Gasteiger partial charge in [0, 0.05) is 62.0 Å². The molecule has 1 aliphatic heterocycles. The van der Waals surface area contributed by atoms with Crippen LogP contribution < -0.4 is 16.0 Å². The SMILES string of the molecule is C[C@@H](NC(=O)[C@@H]1C[C@]2(COCCCN=[N+]=[N-])C[C@@H]2N1C(=O)CNC(=O)c1ccc2c(c1)-c1ccccc1C2(F)F)c1cc(C(=N)NC(=O)OC(C)(C)C)cs1. The van der Waals surface area contributed by atoms with Crippen LogP contribution in [-0.4, -0.2) is 78.5 Å². The predicted octanol–water partition coefficient (Wildman–Crippen LogP) is 6.40. The average molecular weight is 777 g/mol. The number of carbonyl (C=O) groups is 4. The monoisotopic (exact) mass is 776 g/mol. The second-order valence-electron chi connectivity index (χ2n) is 15.0. The zero-order chi connectivity index (χ0) is 39.7. The van der Waals surface area contributed by atoms with Crippen molar-refractivity contribution in [2.24, 2.45) is 10.5 Å². The number of fused-ring (bicyclic) bond motifs is 4. The summed E-state index contributed by atoms with van der Waals surface area (Å²) in [6.07, 6.45) is 0.677. The summed E-state index contributed by atoms with van der Waals surface area (Å²) in [5, 5.41) is 21.5. The topological polar surface area (TPSA) is 199 Å². The second kappa shape index (κ2) is 15.4. The van der Waals surface area contributed by atoms with Crippen molar-refractivity contribution in [3.63, 3.8) is 0 Å². The normalized spacial score (nSPS) is 20.6. The molecule has 2 fully saturated rings. The minimum Gasteiger partial charge on any atom is -0.444 e. The Kier molecular flexibility index (Phi) is 11.0. The number of ether oxygens (including phenoxy) is 2. The van der Waals surface area contributed by atoms with Crippen LogP contribution in [0.2, 0.25) is 0 Å². The first-order chi connectivity index (χ1) is 26.0. The molecule has 2 aliphatic carbocycles. The molecule has 55 heavy (non-hydrogen) atoms. The van der Waals surface area contributed by atoms with Crippen molar-refractivity contribution in [3.8, 4) is 11.1 Å². The fraction of sp³-hybridized carbons (Fsp3) is 0.447. The second-order valence-corrected chi connectivity index (χ2v) is 15.9. The molecule has 4 atom stereocenters. The van der Waals surface area contributed by atoms with Crippen LogP contribution in [0.5, 0.6) is 0 Å². The molecule has 1 saturated carbocycles. The van der Waals surface area contributed by atoms with Crippen LogP contribution in [0, 0.1) is 10.8 Å². The summed E-state index contributed by atoms with van der Waals surface area (Å²) in [6, 6.07) is 10.1. The van der Waals surface area contributed by atoms with E-state index >= 15 is 8.78 Å². The van der Waals surface area contributed by atoms with Gasteiger partial charge in [0.25, 0.3) is 11.8 Å². The van der Waals surface area contributed by atoms with E-state index in [9.17, 15) is 19.2 Å². The van der Waals surface area contributed by atoms with Crippen molar-refractivity contribution in [2.45, 2.75) is 76.6 Å². The Labute approximate surface area is 320 Å². The van der Waals surface area contributed by atoms with E-state index in [0.29, 0.717) is 41.9 Å². The number of halogens is 2. The highest BCUT2D eigenvalue weighted by Crippen LogP contribution is 2.60. The highest BCUT2D eigenvalue weighted by Gasteiger charge is 2.67. The smallest absolute Gasteiger partial charge is 0.413 e. The fourth-order valence-electron chi connectivity index (χ4n) is 7.22. The number of alkyl halides is 2. The van der Waals surface area contributed by atoms with E-state index in [0.717, 1.165) is 0 Å². The number of rotatable bonds is 13. The lowest BCUT2D eigenvalue weighted by Crippen LogP contribution is -2.51. The third kappa shape index (κ3) is 8.33. The van der Waals surface area contributed by atoms with Crippen LogP contribution in [0.15, 0.2) is 59.0 Å². The number of nitrogens with one attached hydrogen (secondary N) is 4. The molecule has 0 radical (unpaired) electrons. The first-order valence-electron chi connectivity index (χ1n) is 17.8. The van der Waals surface area contributed by atoms with E-state index in [4.69, 9.17) is 20.4 Å². The van der Waals surface area contributed by atoms with Crippen molar-refractivity contribution in [1.82, 2.24) is 20.9 Å². The third-order valence-electron chi connectivity index (χ3n) is 9.90. The van der Waals surface area contributed by atoms with Crippen LogP contribution in [0.1, 0.15) is 84.9 Å². The summed E-state index contributed by atoms with van der Waals surface area (Å²) >= 11 is 1.29. The van der Waals surface area contributed by atoms with Gasteiger partial charge in [0.1, 0.15) is 17.5 Å². The van der Waals surface area contributed by atoms with Gasteiger partial charge in [-0.25, -0.2) is 4.79 Å². The molecule has 290 valence electrons. The Bertz CT molecular complexity index is 2080. The lowest BCUT2D eigenvalue weighted by Gasteiger charge is -2.28. The molecule has 1 saturated heterocycles. The number of benzene rings is 2. The number of likely N-dealkylation sites (tertiary alicyclic amines) is 1. The Morgan fingerprint density at radius 3 is 2.58 bits per heavy atom. The average Bonchev–Trinajstić information content (AvgIpc) is 3.40. The van der Waals surface area contributed by atoms with Gasteiger partial charge in [-0.2, -0.15) is 8.78 Å². The summed E-state index contributed by atoms with van der Waals surface area (Å²) in [6.45, 7) is 7.39. The number of nitrogens with zero attached hydrogens (tertiary/aromatic N) is 4. The number of hydrogen-bond acceptors (Lipinski definition) is 9. The Balaban J connectivity index is 1.12. The lowest BCUT2D eigenvalue weighted by atomic mass is 10.00. The number of hydrogen-bond donors (Lipinski definition) is 4. The lowest BCUT2D eigenvalue weighted by molar-refractivity contribution is -0.139. The van der Waals surface area contributed by atoms with E-state index in [1.54, 1.807) is 51.3 Å². The Morgan fingerprint density at radius 2 is 1.84 bits per heavy atom. The maximum absolute atomic E-state index is 15.1. The fourth-order valence-corrected chi connectivity index (χ4v) is 8.12. The molecule has 1 aromatic heterocycles. The highest BCUT2D eigenvalue weighted by molar-refractivity contribution is 7.10. The maximum atomic E-state index is 15.1. The summed E-state index contributed by atoms with van der Waals surface area (Å²) in [5.74, 6) is -4.86. The van der Waals surface area contributed by atoms with Crippen LogP contribution in [0.3, 0.4) is 0 Å². The van der Waals surface area contributed by atoms with Crippen LogP contribution in [0.25, 0.3) is 21.6 Å². The van der Waals surface area contributed by atoms with Gasteiger partial charge in [0.15, 0.2) is 0 Å². The first kappa shape index (κ1) is 39.3. The van der Waals surface area contributed by atoms with Crippen molar-refractivity contribution < 1.29 is 37.4 Å². The van der Waals surface area contributed by atoms with Gasteiger partial charge in [-0.3, -0.25) is 25.1 Å². The molecule has 14 nitrogen and oxygen atoms in total. The minimum atomic E-state index is -3.20. The summed E-state index contributed by atoms with van der Waals surface area (Å²) in [5.41, 5.74) is 8.13. The molecule has 0 spiro atoms. The standard InChI is InChI=1S/C38H42F2N8O6S/c1-21(29-15-23(19-55-29)32(41)46-35(52)54-36(2,3)4)45-34(51)28-16-37(20-53-13-7-12-44-47-42)17-30(37)48(28)31(49)18-43-33(50)22-10-11-27-25(14-22)24-8-5-6-9-26(24)38(27,39)40/h5-6,8-11,14-15,19,21,28,30H,7,12-13,16-18,20H2,1-4H3,(H,43,50)(H,45,51)(H2,41,46,52)/t21-,28+,30+,37-/m1/s1. The van der Waals surface area contributed by atoms with Gasteiger partial charge in [-0.1, -0.05) is 35.4 Å². The molecule has 17 heteroatoms. The van der Waals surface area contributed by atoms with Crippen molar-refractivity contribution in [1.29, 1.82) is 5.41 Å². The largest absolute Gasteiger partial charge is 0.444 e. The maximum Gasteiger partial charge on any atom is 0.413 e. The van der Waals surface area contributed by atoms with Crippen molar-refractivity contribution in [2.75, 3.05) is 26.3 Å². The highest BCUT2D eigenvalue weighted by atomic mass is 32.1. The predicted molar refractivity (Wildman–Crippen MR) is 200 cm³/mol. The van der Waals surface area contributed by atoms with Crippen LogP contribution in [0.4, 0.5) is 13.6 Å². The Hall–Kier alpha value is -5.38. The van der Waals surface area contributed by atoms with E-state index in [1.165, 1.54) is 46.6 Å². The first-order valence-corrected chi connectivity index (χ1v) is 18.7. The molecule has 6 rings (SSSR count). The van der Waals surface area contributed by atoms with E-state index in [2.05, 4.69) is 26.0 Å². The zero-order valence-corrected chi connectivity index (χ0v) is 31.6. The van der Waals surface area contributed by atoms with Crippen molar-refractivity contribution >= 4 is 41.0 Å². The van der Waals surface area contributed by atoms with Gasteiger partial charge >= 0.3 is 6.09 Å². The quantitative estimate of drug-likeness (QED) is 0.0387. The van der Waals surface area contributed by atoms with E-state index in [-0.39, 0.29) is 47.3 Å². The van der Waals surface area contributed by atoms with E-state index < -0.39 is 59.4 Å². The molecule has 2 aromatic carbocycles. The number of amidine groups is 1. The summed E-state index contributed by atoms with van der Waals surface area (Å²) in [4.78, 5) is 58.1. The van der Waals surface area contributed by atoms with Crippen LogP contribution in [-0.2, 0) is 25.0 Å². The van der Waals surface area contributed by atoms with Gasteiger partial charge in [-0.15, -0.1) is 11.3 Å². The minimum absolute atomic E-state index is 0.114. The number of thiophene rings is 1. The number of carbonyl (C=O) groups excluding carboxylic acids is 4. The van der Waals surface area contributed by atoms with Gasteiger partial charge in [0.2, 0.25) is 11.8 Å². The van der Waals surface area contributed by atoms with E-state index in [1.807, 2.05) is 0 Å². The molecule has 3 aromatic rings. The van der Waals surface area contributed by atoms with Gasteiger partial charge < -0.3 is 25.0 Å². The summed E-state index contributed by atoms with van der Waals surface area (Å²) < 4.78 is 41.3. The molecular formula is C38H42F2N8O6S. The number of amides is 4. The molecule has 0 bridgehead atoms. The van der Waals surface area contributed by atoms with Crippen molar-refractivity contribution in [3.05, 3.63) is 91.5 Å². The molecule has 2 heterocycles. The Morgan fingerprint density at radius 1 is 1.09 bits per heavy atom. The van der Waals surface area contributed by atoms with Crippen LogP contribution >= 0.6 is 11.3 Å². The molecular weight excluding hydrogens is 735 g/mol. The molecule has 4 N–H and O–H groups in total. The molecule has 3 aliphatic rings. The number of azide groups is 1.